The third kappa shape index (κ3) is 4.12. The number of thiol groups is 1. The summed E-state index contributed by atoms with van der Waals surface area (Å²) in [5.74, 6) is 0.756. The van der Waals surface area contributed by atoms with E-state index in [1.54, 1.807) is 0 Å². The topological polar surface area (TPSA) is 15.7 Å². The molecule has 4 heteroatoms. The van der Waals surface area contributed by atoms with Crippen molar-refractivity contribution < 1.29 is 4.74 Å². The van der Waals surface area contributed by atoms with E-state index in [1.165, 1.54) is 19.5 Å². The predicted octanol–water partition coefficient (Wildman–Crippen LogP) is 2.04. The molecule has 1 unspecified atom stereocenters. The number of piperidine rings is 1. The van der Waals surface area contributed by atoms with E-state index in [4.69, 9.17) is 4.74 Å². The summed E-state index contributed by atoms with van der Waals surface area (Å²) in [6.07, 6.45) is 4.07. The van der Waals surface area contributed by atoms with Gasteiger partial charge in [0.05, 0.1) is 12.7 Å². The van der Waals surface area contributed by atoms with Crippen molar-refractivity contribution in [3.05, 3.63) is 0 Å². The van der Waals surface area contributed by atoms with Crippen molar-refractivity contribution in [1.29, 1.82) is 0 Å². The summed E-state index contributed by atoms with van der Waals surface area (Å²) < 4.78 is 8.15. The van der Waals surface area contributed by atoms with Crippen molar-refractivity contribution in [1.82, 2.24) is 9.21 Å². The van der Waals surface area contributed by atoms with E-state index in [1.807, 2.05) is 0 Å². The van der Waals surface area contributed by atoms with Crippen LogP contribution in [-0.4, -0.2) is 54.1 Å². The molecule has 0 amide bonds. The number of hydrogen-bond acceptors (Lipinski definition) is 4. The highest BCUT2D eigenvalue weighted by Gasteiger charge is 2.26. The van der Waals surface area contributed by atoms with Crippen molar-refractivity contribution in [3.63, 3.8) is 0 Å². The summed E-state index contributed by atoms with van der Waals surface area (Å²) in [5.41, 5.74) is 0. The zero-order chi connectivity index (χ0) is 12.3. The second-order valence-electron chi connectivity index (χ2n) is 5.73. The number of nitrogens with zero attached hydrogens (tertiary/aromatic N) is 2. The zero-order valence-corrected chi connectivity index (χ0v) is 12.0. The fraction of sp³-hybridized carbons (Fsp3) is 1.00. The molecule has 2 aliphatic heterocycles. The number of hydrogen-bond donors (Lipinski definition) is 1. The van der Waals surface area contributed by atoms with Crippen LogP contribution >= 0.6 is 12.8 Å². The fourth-order valence-corrected chi connectivity index (χ4v) is 2.98. The summed E-state index contributed by atoms with van der Waals surface area (Å²) in [4.78, 5) is 2.56. The van der Waals surface area contributed by atoms with Crippen molar-refractivity contribution >= 4 is 12.8 Å². The Morgan fingerprint density at radius 2 is 1.88 bits per heavy atom. The first-order valence-electron chi connectivity index (χ1n) is 6.94. The Balaban J connectivity index is 1.63. The summed E-state index contributed by atoms with van der Waals surface area (Å²) in [5, 5.41) is 0. The monoisotopic (exact) mass is 258 g/mol. The molecule has 0 spiro atoms. The molecule has 0 aromatic carbocycles. The lowest BCUT2D eigenvalue weighted by Crippen LogP contribution is -2.33. The zero-order valence-electron chi connectivity index (χ0n) is 11.1. The Hall–Kier alpha value is 0.230. The van der Waals surface area contributed by atoms with E-state index < -0.39 is 0 Å². The van der Waals surface area contributed by atoms with Crippen LogP contribution in [0.25, 0.3) is 0 Å². The molecule has 17 heavy (non-hydrogen) atoms. The Labute approximate surface area is 111 Å². The van der Waals surface area contributed by atoms with Gasteiger partial charge in [-0.2, -0.15) is 0 Å². The van der Waals surface area contributed by atoms with Gasteiger partial charge in [0, 0.05) is 25.7 Å². The summed E-state index contributed by atoms with van der Waals surface area (Å²) in [7, 11) is 0. The van der Waals surface area contributed by atoms with Crippen LogP contribution in [0, 0.1) is 5.92 Å². The normalized spacial score (nSPS) is 29.3. The van der Waals surface area contributed by atoms with Crippen LogP contribution in [0.2, 0.25) is 0 Å². The van der Waals surface area contributed by atoms with Gasteiger partial charge in [-0.1, -0.05) is 12.8 Å². The molecule has 2 saturated heterocycles. The maximum Gasteiger partial charge on any atom is 0.0600 e. The highest BCUT2D eigenvalue weighted by molar-refractivity contribution is 7.77. The van der Waals surface area contributed by atoms with Gasteiger partial charge >= 0.3 is 0 Å². The Kier molecular flexibility index (Phi) is 5.15. The van der Waals surface area contributed by atoms with E-state index in [-0.39, 0.29) is 0 Å². The van der Waals surface area contributed by atoms with Crippen LogP contribution in [0.3, 0.4) is 0 Å². The average molecular weight is 258 g/mol. The van der Waals surface area contributed by atoms with Crippen LogP contribution in [0.5, 0.6) is 0 Å². The molecule has 3 nitrogen and oxygen atoms in total. The maximum atomic E-state index is 6.06. The molecule has 2 fully saturated rings. The van der Waals surface area contributed by atoms with Crippen molar-refractivity contribution in [2.24, 2.45) is 5.92 Å². The lowest BCUT2D eigenvalue weighted by Gasteiger charge is -2.29. The lowest BCUT2D eigenvalue weighted by atomic mass is 10.1. The van der Waals surface area contributed by atoms with E-state index in [0.717, 1.165) is 38.5 Å². The van der Waals surface area contributed by atoms with Crippen LogP contribution in [0.15, 0.2) is 0 Å². The van der Waals surface area contributed by atoms with Crippen molar-refractivity contribution in [3.8, 4) is 0 Å². The van der Waals surface area contributed by atoms with Gasteiger partial charge in [0.1, 0.15) is 0 Å². The second kappa shape index (κ2) is 6.41. The molecule has 0 radical (unpaired) electrons. The van der Waals surface area contributed by atoms with Crippen molar-refractivity contribution in [2.45, 2.75) is 45.3 Å². The van der Waals surface area contributed by atoms with Gasteiger partial charge in [0.15, 0.2) is 0 Å². The first-order chi connectivity index (χ1) is 8.15. The third-order valence-corrected chi connectivity index (χ3v) is 4.43. The van der Waals surface area contributed by atoms with Gasteiger partial charge in [0.2, 0.25) is 0 Å². The van der Waals surface area contributed by atoms with E-state index in [9.17, 15) is 0 Å². The van der Waals surface area contributed by atoms with Crippen LogP contribution in [0.1, 0.15) is 33.1 Å². The van der Waals surface area contributed by atoms with Crippen LogP contribution in [-0.2, 0) is 4.74 Å². The molecule has 0 saturated carbocycles. The summed E-state index contributed by atoms with van der Waals surface area (Å²) in [6.45, 7) is 10.1. The van der Waals surface area contributed by atoms with E-state index in [0.29, 0.717) is 12.1 Å². The van der Waals surface area contributed by atoms with Gasteiger partial charge in [-0.15, -0.1) is 0 Å². The molecule has 0 aromatic heterocycles. The molecule has 2 rings (SSSR count). The lowest BCUT2D eigenvalue weighted by molar-refractivity contribution is 0.00442. The number of rotatable bonds is 4. The molecule has 0 N–H and O–H groups in total. The highest BCUT2D eigenvalue weighted by Crippen LogP contribution is 2.21. The number of ether oxygens (including phenoxy) is 1. The number of likely N-dealkylation sites (tertiary alicyclic amines) is 1. The van der Waals surface area contributed by atoms with Crippen LogP contribution < -0.4 is 0 Å². The maximum absolute atomic E-state index is 6.06. The van der Waals surface area contributed by atoms with Crippen LogP contribution in [0.4, 0.5) is 0 Å². The van der Waals surface area contributed by atoms with Gasteiger partial charge < -0.3 is 9.64 Å². The van der Waals surface area contributed by atoms with Gasteiger partial charge in [-0.3, -0.25) is 4.31 Å². The Morgan fingerprint density at radius 3 is 2.47 bits per heavy atom. The molecule has 0 aliphatic carbocycles. The quantitative estimate of drug-likeness (QED) is 0.777. The first kappa shape index (κ1) is 13.7. The smallest absolute Gasteiger partial charge is 0.0600 e. The van der Waals surface area contributed by atoms with Gasteiger partial charge in [0.25, 0.3) is 0 Å². The fourth-order valence-electron chi connectivity index (χ4n) is 2.75. The predicted molar refractivity (Wildman–Crippen MR) is 74.3 cm³/mol. The van der Waals surface area contributed by atoms with E-state index >= 15 is 0 Å². The molecule has 2 heterocycles. The standard InChI is InChI=1S/C13H26N2OS/c1-11(2)14-6-3-12(9-14)10-16-13-4-7-15(17)8-5-13/h11-13,17H,3-10H2,1-2H3. The van der Waals surface area contributed by atoms with Crippen molar-refractivity contribution in [2.75, 3.05) is 32.8 Å². The van der Waals surface area contributed by atoms with Gasteiger partial charge in [-0.25, -0.2) is 0 Å². The average Bonchev–Trinajstić information content (AvgIpc) is 2.77. The SMILES string of the molecule is CC(C)N1CCC(COC2CCN(S)CC2)C1. The molecule has 2 aliphatic rings. The first-order valence-corrected chi connectivity index (χ1v) is 7.34. The Morgan fingerprint density at radius 1 is 1.18 bits per heavy atom. The largest absolute Gasteiger partial charge is 0.378 e. The molecule has 0 bridgehead atoms. The Bertz CT molecular complexity index is 229. The van der Waals surface area contributed by atoms with Gasteiger partial charge in [-0.05, 0) is 45.6 Å². The molecule has 100 valence electrons. The minimum atomic E-state index is 0.478. The third-order valence-electron chi connectivity index (χ3n) is 4.03. The second-order valence-corrected chi connectivity index (χ2v) is 6.30. The highest BCUT2D eigenvalue weighted by atomic mass is 32.1. The summed E-state index contributed by atoms with van der Waals surface area (Å²) >= 11 is 4.36. The molecule has 1 atom stereocenters. The minimum absolute atomic E-state index is 0.478. The summed E-state index contributed by atoms with van der Waals surface area (Å²) in [6, 6.07) is 0.687. The minimum Gasteiger partial charge on any atom is -0.378 e. The molecule has 0 aromatic rings. The van der Waals surface area contributed by atoms with E-state index in [2.05, 4.69) is 35.9 Å². The molecular formula is C13H26N2OS. The molecular weight excluding hydrogens is 232 g/mol.